The summed E-state index contributed by atoms with van der Waals surface area (Å²) in [5.41, 5.74) is 3.41. The molecule has 3 aromatic carbocycles. The molecule has 35 heavy (non-hydrogen) atoms. The Morgan fingerprint density at radius 2 is 1.69 bits per heavy atom. The number of amides is 1. The van der Waals surface area contributed by atoms with Gasteiger partial charge in [-0.05, 0) is 68.3 Å². The molecule has 0 saturated heterocycles. The minimum atomic E-state index is -0.505. The van der Waals surface area contributed by atoms with Gasteiger partial charge in [0.1, 0.15) is 18.1 Å². The number of rotatable bonds is 8. The van der Waals surface area contributed by atoms with Crippen LogP contribution in [0.5, 0.6) is 5.75 Å². The molecule has 0 atom stereocenters. The van der Waals surface area contributed by atoms with E-state index in [0.717, 1.165) is 27.3 Å². The lowest BCUT2D eigenvalue weighted by Gasteiger charge is -2.09. The third-order valence-electron chi connectivity index (χ3n) is 5.22. The van der Waals surface area contributed by atoms with Crippen LogP contribution in [-0.4, -0.2) is 10.8 Å². The number of nitro groups is 1. The van der Waals surface area contributed by atoms with Gasteiger partial charge in [-0.1, -0.05) is 41.6 Å². The van der Waals surface area contributed by atoms with Gasteiger partial charge in [0.25, 0.3) is 11.6 Å². The maximum Gasteiger partial charge on any atom is 0.291 e. The molecule has 0 saturated carbocycles. The second-order valence-corrected chi connectivity index (χ2v) is 9.31. The minimum Gasteiger partial charge on any atom is -0.485 e. The van der Waals surface area contributed by atoms with Gasteiger partial charge in [0, 0.05) is 27.6 Å². The summed E-state index contributed by atoms with van der Waals surface area (Å²) < 4.78 is 11.5. The summed E-state index contributed by atoms with van der Waals surface area (Å²) in [6.45, 7) is 6.11. The number of carbonyl (C=O) groups excluding carboxylic acids is 1. The van der Waals surface area contributed by atoms with Crippen molar-refractivity contribution >= 4 is 29.0 Å². The maximum absolute atomic E-state index is 12.8. The van der Waals surface area contributed by atoms with E-state index in [4.69, 9.17) is 9.15 Å². The van der Waals surface area contributed by atoms with Crippen LogP contribution in [0.2, 0.25) is 0 Å². The molecule has 1 N–H and O–H groups in total. The molecule has 0 spiro atoms. The van der Waals surface area contributed by atoms with Crippen LogP contribution in [0.25, 0.3) is 0 Å². The highest BCUT2D eigenvalue weighted by Crippen LogP contribution is 2.33. The molecule has 1 heterocycles. The second kappa shape index (κ2) is 10.5. The van der Waals surface area contributed by atoms with Gasteiger partial charge in [-0.2, -0.15) is 0 Å². The van der Waals surface area contributed by atoms with Crippen molar-refractivity contribution in [3.63, 3.8) is 0 Å². The normalized spacial score (nSPS) is 10.7. The number of aryl methyl sites for hydroxylation is 3. The molecule has 0 aliphatic carbocycles. The van der Waals surface area contributed by atoms with Crippen molar-refractivity contribution in [1.82, 2.24) is 0 Å². The fourth-order valence-electron chi connectivity index (χ4n) is 3.34. The minimum absolute atomic E-state index is 0.0869. The monoisotopic (exact) mass is 488 g/mol. The van der Waals surface area contributed by atoms with Crippen molar-refractivity contribution in [3.8, 4) is 5.75 Å². The number of nitro benzene ring substituents is 1. The zero-order valence-electron chi connectivity index (χ0n) is 19.5. The fourth-order valence-corrected chi connectivity index (χ4v) is 4.25. The average Bonchev–Trinajstić information content (AvgIpc) is 3.30. The smallest absolute Gasteiger partial charge is 0.291 e. The van der Waals surface area contributed by atoms with Crippen molar-refractivity contribution in [2.24, 2.45) is 0 Å². The van der Waals surface area contributed by atoms with Crippen molar-refractivity contribution in [1.29, 1.82) is 0 Å². The zero-order chi connectivity index (χ0) is 24.9. The van der Waals surface area contributed by atoms with Crippen LogP contribution in [0.15, 0.2) is 87.0 Å². The van der Waals surface area contributed by atoms with Gasteiger partial charge in [-0.15, -0.1) is 0 Å². The molecular formula is C27H24N2O5S. The number of furan rings is 1. The highest BCUT2D eigenvalue weighted by Gasteiger charge is 2.16. The predicted molar refractivity (Wildman–Crippen MR) is 135 cm³/mol. The van der Waals surface area contributed by atoms with Crippen LogP contribution in [0.1, 0.15) is 33.0 Å². The van der Waals surface area contributed by atoms with Gasteiger partial charge >= 0.3 is 0 Å². The summed E-state index contributed by atoms with van der Waals surface area (Å²) in [6, 6.07) is 21.5. The largest absolute Gasteiger partial charge is 0.485 e. The molecule has 0 aliphatic heterocycles. The van der Waals surface area contributed by atoms with E-state index >= 15 is 0 Å². The summed E-state index contributed by atoms with van der Waals surface area (Å²) in [4.78, 5) is 25.3. The number of non-ortho nitro benzene ring substituents is 1. The SMILES string of the molecule is Cc1ccc(Sc2cc(NC(=O)c3ccc(COc4cc(C)ccc4C)o3)cc([N+](=O)[O-])c2)cc1. The van der Waals surface area contributed by atoms with Gasteiger partial charge in [0.15, 0.2) is 5.76 Å². The topological polar surface area (TPSA) is 94.6 Å². The first-order valence-corrected chi connectivity index (χ1v) is 11.7. The van der Waals surface area contributed by atoms with E-state index in [1.807, 2.05) is 63.2 Å². The number of carbonyl (C=O) groups is 1. The van der Waals surface area contributed by atoms with E-state index in [1.54, 1.807) is 18.2 Å². The molecule has 4 aromatic rings. The Hall–Kier alpha value is -4.04. The van der Waals surface area contributed by atoms with Crippen molar-refractivity contribution in [3.05, 3.63) is 111 Å². The first kappa shape index (κ1) is 24.1. The number of hydrogen-bond acceptors (Lipinski definition) is 6. The Morgan fingerprint density at radius 1 is 0.943 bits per heavy atom. The molecule has 178 valence electrons. The van der Waals surface area contributed by atoms with E-state index in [2.05, 4.69) is 5.32 Å². The summed E-state index contributed by atoms with van der Waals surface area (Å²) >= 11 is 1.38. The first-order chi connectivity index (χ1) is 16.8. The molecule has 1 amide bonds. The van der Waals surface area contributed by atoms with Crippen LogP contribution in [0.3, 0.4) is 0 Å². The quantitative estimate of drug-likeness (QED) is 0.210. The van der Waals surface area contributed by atoms with Gasteiger partial charge in [0.2, 0.25) is 0 Å². The molecule has 1 aromatic heterocycles. The number of hydrogen-bond donors (Lipinski definition) is 1. The van der Waals surface area contributed by atoms with Crippen LogP contribution < -0.4 is 10.1 Å². The number of nitrogens with zero attached hydrogens (tertiary/aromatic N) is 1. The summed E-state index contributed by atoms with van der Waals surface area (Å²) in [6.07, 6.45) is 0. The molecule has 0 radical (unpaired) electrons. The molecular weight excluding hydrogens is 464 g/mol. The molecule has 4 rings (SSSR count). The van der Waals surface area contributed by atoms with Gasteiger partial charge in [-0.25, -0.2) is 0 Å². The highest BCUT2D eigenvalue weighted by atomic mass is 32.2. The molecule has 7 nitrogen and oxygen atoms in total. The Labute approximate surface area is 207 Å². The second-order valence-electron chi connectivity index (χ2n) is 8.17. The standard InChI is InChI=1S/C27H24N2O5S/c1-17-5-9-23(10-6-17)35-24-14-20(13-21(15-24)29(31)32)28-27(30)25-11-8-22(34-25)16-33-26-12-18(2)4-7-19(26)3/h4-15H,16H2,1-3H3,(H,28,30). The number of ether oxygens (including phenoxy) is 1. The van der Waals surface area contributed by atoms with E-state index in [-0.39, 0.29) is 18.1 Å². The van der Waals surface area contributed by atoms with E-state index in [1.165, 1.54) is 23.9 Å². The summed E-state index contributed by atoms with van der Waals surface area (Å²) in [7, 11) is 0. The van der Waals surface area contributed by atoms with E-state index < -0.39 is 10.8 Å². The van der Waals surface area contributed by atoms with Gasteiger partial charge in [0.05, 0.1) is 4.92 Å². The Bertz CT molecular complexity index is 1380. The van der Waals surface area contributed by atoms with E-state index in [0.29, 0.717) is 16.3 Å². The lowest BCUT2D eigenvalue weighted by molar-refractivity contribution is -0.385. The van der Waals surface area contributed by atoms with Gasteiger partial charge in [-0.3, -0.25) is 14.9 Å². The maximum atomic E-state index is 12.8. The van der Waals surface area contributed by atoms with Crippen LogP contribution >= 0.6 is 11.8 Å². The average molecular weight is 489 g/mol. The number of anilines is 1. The third kappa shape index (κ3) is 6.30. The Morgan fingerprint density at radius 3 is 2.43 bits per heavy atom. The number of benzene rings is 3. The van der Waals surface area contributed by atoms with Crippen molar-refractivity contribution in [2.45, 2.75) is 37.2 Å². The summed E-state index contributed by atoms with van der Waals surface area (Å²) in [5, 5.41) is 14.1. The van der Waals surface area contributed by atoms with Crippen LogP contribution in [0.4, 0.5) is 11.4 Å². The molecule has 0 aliphatic rings. The highest BCUT2D eigenvalue weighted by molar-refractivity contribution is 7.99. The molecule has 0 fully saturated rings. The Kier molecular flexibility index (Phi) is 7.22. The first-order valence-electron chi connectivity index (χ1n) is 10.9. The lowest BCUT2D eigenvalue weighted by Crippen LogP contribution is -2.11. The van der Waals surface area contributed by atoms with Gasteiger partial charge < -0.3 is 14.5 Å². The van der Waals surface area contributed by atoms with Crippen LogP contribution in [-0.2, 0) is 6.61 Å². The summed E-state index contributed by atoms with van der Waals surface area (Å²) in [5.74, 6) is 0.826. The van der Waals surface area contributed by atoms with Crippen molar-refractivity contribution < 1.29 is 18.9 Å². The zero-order valence-corrected chi connectivity index (χ0v) is 20.3. The molecule has 8 heteroatoms. The Balaban J connectivity index is 1.46. The third-order valence-corrected chi connectivity index (χ3v) is 6.19. The number of nitrogens with one attached hydrogen (secondary N) is 1. The fraction of sp³-hybridized carbons (Fsp3) is 0.148. The predicted octanol–water partition coefficient (Wildman–Crippen LogP) is 7.10. The molecule has 0 unspecified atom stereocenters. The lowest BCUT2D eigenvalue weighted by atomic mass is 10.1. The molecule has 0 bridgehead atoms. The van der Waals surface area contributed by atoms with E-state index in [9.17, 15) is 14.9 Å². The van der Waals surface area contributed by atoms with Crippen LogP contribution in [0, 0.1) is 30.9 Å². The van der Waals surface area contributed by atoms with Crippen molar-refractivity contribution in [2.75, 3.05) is 5.32 Å².